The number of carbonyl (C=O) groups is 1. The number of hydrogen-bond donors (Lipinski definition) is 1. The van der Waals surface area contributed by atoms with Crippen molar-refractivity contribution in [2.45, 2.75) is 20.4 Å². The third kappa shape index (κ3) is 5.03. The second-order valence-electron chi connectivity index (χ2n) is 6.51. The molecule has 1 heterocycles. The molecule has 1 amide bonds. The van der Waals surface area contributed by atoms with Gasteiger partial charge in [0.25, 0.3) is 0 Å². The fraction of sp³-hybridized carbons (Fsp3) is 0.217. The molecule has 0 bridgehead atoms. The predicted octanol–water partition coefficient (Wildman–Crippen LogP) is 4.77. The first-order chi connectivity index (χ1) is 14.0. The number of aryl methyl sites for hydroxylation is 2. The molecular formula is C23H24N2O3S. The fourth-order valence-electron chi connectivity index (χ4n) is 2.87. The molecule has 2 aromatic carbocycles. The molecule has 1 aromatic heterocycles. The van der Waals surface area contributed by atoms with Gasteiger partial charge in [-0.2, -0.15) is 0 Å². The van der Waals surface area contributed by atoms with Crippen LogP contribution in [0.2, 0.25) is 0 Å². The van der Waals surface area contributed by atoms with Gasteiger partial charge < -0.3 is 14.8 Å². The van der Waals surface area contributed by atoms with Gasteiger partial charge in [0.05, 0.1) is 26.5 Å². The van der Waals surface area contributed by atoms with Gasteiger partial charge in [0.15, 0.2) is 11.5 Å². The quantitative estimate of drug-likeness (QED) is 0.572. The van der Waals surface area contributed by atoms with Gasteiger partial charge in [0.1, 0.15) is 5.01 Å². The van der Waals surface area contributed by atoms with E-state index in [-0.39, 0.29) is 5.91 Å². The van der Waals surface area contributed by atoms with Crippen molar-refractivity contribution >= 4 is 23.3 Å². The van der Waals surface area contributed by atoms with E-state index in [9.17, 15) is 4.79 Å². The Morgan fingerprint density at radius 3 is 2.59 bits per heavy atom. The SMILES string of the molecule is COc1ccc(/C=C/C(=O)NCc2sc(-c3ccccc3C)nc2C)cc1OC. The molecule has 0 radical (unpaired) electrons. The predicted molar refractivity (Wildman–Crippen MR) is 117 cm³/mol. The summed E-state index contributed by atoms with van der Waals surface area (Å²) in [6, 6.07) is 13.7. The Morgan fingerprint density at radius 2 is 1.86 bits per heavy atom. The molecule has 0 aliphatic carbocycles. The van der Waals surface area contributed by atoms with Crippen LogP contribution in [-0.2, 0) is 11.3 Å². The number of benzene rings is 2. The molecule has 1 N–H and O–H groups in total. The van der Waals surface area contributed by atoms with Crippen molar-refractivity contribution in [1.82, 2.24) is 10.3 Å². The minimum Gasteiger partial charge on any atom is -0.493 e. The van der Waals surface area contributed by atoms with Crippen LogP contribution in [0.4, 0.5) is 0 Å². The zero-order valence-electron chi connectivity index (χ0n) is 17.0. The second-order valence-corrected chi connectivity index (χ2v) is 7.59. The maximum Gasteiger partial charge on any atom is 0.244 e. The maximum absolute atomic E-state index is 12.2. The summed E-state index contributed by atoms with van der Waals surface area (Å²) in [5.41, 5.74) is 4.12. The van der Waals surface area contributed by atoms with E-state index in [1.54, 1.807) is 31.6 Å². The van der Waals surface area contributed by atoms with Crippen molar-refractivity contribution < 1.29 is 14.3 Å². The van der Waals surface area contributed by atoms with E-state index in [1.165, 1.54) is 11.6 Å². The highest BCUT2D eigenvalue weighted by atomic mass is 32.1. The van der Waals surface area contributed by atoms with Crippen LogP contribution >= 0.6 is 11.3 Å². The number of ether oxygens (including phenoxy) is 2. The molecule has 6 heteroatoms. The Labute approximate surface area is 175 Å². The molecule has 3 rings (SSSR count). The van der Waals surface area contributed by atoms with E-state index in [0.29, 0.717) is 18.0 Å². The van der Waals surface area contributed by atoms with Crippen LogP contribution in [0.15, 0.2) is 48.5 Å². The molecule has 150 valence electrons. The second kappa shape index (κ2) is 9.39. The Bertz CT molecular complexity index is 1040. The van der Waals surface area contributed by atoms with Gasteiger partial charge in [-0.25, -0.2) is 4.98 Å². The van der Waals surface area contributed by atoms with E-state index >= 15 is 0 Å². The van der Waals surface area contributed by atoms with Gasteiger partial charge >= 0.3 is 0 Å². The van der Waals surface area contributed by atoms with Gasteiger partial charge in [-0.3, -0.25) is 4.79 Å². The summed E-state index contributed by atoms with van der Waals surface area (Å²) in [6.45, 7) is 4.50. The number of hydrogen-bond acceptors (Lipinski definition) is 5. The summed E-state index contributed by atoms with van der Waals surface area (Å²) < 4.78 is 10.5. The van der Waals surface area contributed by atoms with Gasteiger partial charge in [-0.15, -0.1) is 11.3 Å². The molecule has 0 fully saturated rings. The lowest BCUT2D eigenvalue weighted by Crippen LogP contribution is -2.20. The summed E-state index contributed by atoms with van der Waals surface area (Å²) in [7, 11) is 3.17. The van der Waals surface area contributed by atoms with Crippen molar-refractivity contribution in [3.8, 4) is 22.1 Å². The third-order valence-corrected chi connectivity index (χ3v) is 5.72. The van der Waals surface area contributed by atoms with Crippen LogP contribution in [0.1, 0.15) is 21.7 Å². The Kier molecular flexibility index (Phi) is 6.67. The first kappa shape index (κ1) is 20.6. The van der Waals surface area contributed by atoms with E-state index in [4.69, 9.17) is 9.47 Å². The molecule has 0 aliphatic heterocycles. The molecule has 0 aliphatic rings. The normalized spacial score (nSPS) is 10.9. The summed E-state index contributed by atoms with van der Waals surface area (Å²) in [5.74, 6) is 1.11. The lowest BCUT2D eigenvalue weighted by Gasteiger charge is -2.07. The highest BCUT2D eigenvalue weighted by Crippen LogP contribution is 2.30. The average molecular weight is 409 g/mol. The van der Waals surface area contributed by atoms with Crippen molar-refractivity contribution in [1.29, 1.82) is 0 Å². The molecule has 0 saturated heterocycles. The minimum atomic E-state index is -0.162. The smallest absolute Gasteiger partial charge is 0.244 e. The first-order valence-corrected chi connectivity index (χ1v) is 10.0. The highest BCUT2D eigenvalue weighted by molar-refractivity contribution is 7.15. The van der Waals surface area contributed by atoms with Crippen LogP contribution in [0.3, 0.4) is 0 Å². The number of carbonyl (C=O) groups excluding carboxylic acids is 1. The Morgan fingerprint density at radius 1 is 1.10 bits per heavy atom. The lowest BCUT2D eigenvalue weighted by molar-refractivity contribution is -0.116. The van der Waals surface area contributed by atoms with E-state index in [2.05, 4.69) is 29.4 Å². The number of nitrogens with zero attached hydrogens (tertiary/aromatic N) is 1. The summed E-state index contributed by atoms with van der Waals surface area (Å²) >= 11 is 1.61. The zero-order chi connectivity index (χ0) is 20.8. The number of nitrogens with one attached hydrogen (secondary N) is 1. The van der Waals surface area contributed by atoms with Crippen LogP contribution in [-0.4, -0.2) is 25.1 Å². The molecule has 0 unspecified atom stereocenters. The topological polar surface area (TPSA) is 60.5 Å². The van der Waals surface area contributed by atoms with Crippen molar-refractivity contribution in [3.05, 3.63) is 70.2 Å². The molecule has 0 atom stereocenters. The number of amides is 1. The van der Waals surface area contributed by atoms with Crippen LogP contribution in [0, 0.1) is 13.8 Å². The largest absolute Gasteiger partial charge is 0.493 e. The van der Waals surface area contributed by atoms with E-state index in [1.807, 2.05) is 37.3 Å². The Balaban J connectivity index is 1.64. The number of rotatable bonds is 7. The number of aromatic nitrogens is 1. The van der Waals surface area contributed by atoms with Gasteiger partial charge in [0.2, 0.25) is 5.91 Å². The van der Waals surface area contributed by atoms with Crippen LogP contribution < -0.4 is 14.8 Å². The Hall–Kier alpha value is -3.12. The molecule has 0 saturated carbocycles. The zero-order valence-corrected chi connectivity index (χ0v) is 17.8. The maximum atomic E-state index is 12.2. The minimum absolute atomic E-state index is 0.162. The number of thiazole rings is 1. The third-order valence-electron chi connectivity index (χ3n) is 4.53. The van der Waals surface area contributed by atoms with Crippen molar-refractivity contribution in [2.75, 3.05) is 14.2 Å². The summed E-state index contributed by atoms with van der Waals surface area (Å²) in [6.07, 6.45) is 3.26. The molecule has 3 aromatic rings. The monoisotopic (exact) mass is 408 g/mol. The van der Waals surface area contributed by atoms with E-state index in [0.717, 1.165) is 26.7 Å². The summed E-state index contributed by atoms with van der Waals surface area (Å²) in [5, 5.41) is 3.91. The van der Waals surface area contributed by atoms with Gasteiger partial charge in [-0.05, 0) is 43.2 Å². The van der Waals surface area contributed by atoms with Crippen molar-refractivity contribution in [3.63, 3.8) is 0 Å². The van der Waals surface area contributed by atoms with Crippen molar-refractivity contribution in [2.24, 2.45) is 0 Å². The van der Waals surface area contributed by atoms with Gasteiger partial charge in [0, 0.05) is 16.5 Å². The van der Waals surface area contributed by atoms with Crippen LogP contribution in [0.25, 0.3) is 16.6 Å². The van der Waals surface area contributed by atoms with Gasteiger partial charge in [-0.1, -0.05) is 30.3 Å². The fourth-order valence-corrected chi connectivity index (χ4v) is 3.97. The standard InChI is InChI=1S/C23H24N2O3S/c1-15-7-5-6-8-18(15)23-25-16(2)21(29-23)14-24-22(26)12-10-17-9-11-19(27-3)20(13-17)28-4/h5-13H,14H2,1-4H3,(H,24,26)/b12-10+. The first-order valence-electron chi connectivity index (χ1n) is 9.22. The lowest BCUT2D eigenvalue weighted by atomic mass is 10.1. The molecule has 0 spiro atoms. The summed E-state index contributed by atoms with van der Waals surface area (Å²) in [4.78, 5) is 18.0. The average Bonchev–Trinajstić information content (AvgIpc) is 3.11. The molecular weight excluding hydrogens is 384 g/mol. The molecule has 29 heavy (non-hydrogen) atoms. The van der Waals surface area contributed by atoms with Crippen LogP contribution in [0.5, 0.6) is 11.5 Å². The molecule has 5 nitrogen and oxygen atoms in total. The highest BCUT2D eigenvalue weighted by Gasteiger charge is 2.11. The van der Waals surface area contributed by atoms with E-state index < -0.39 is 0 Å². The number of methoxy groups -OCH3 is 2.